The van der Waals surface area contributed by atoms with Crippen molar-refractivity contribution in [3.63, 3.8) is 0 Å². The standard InChI is InChI=1S/C18H20N2O5S/c1-3-12-19-26(22,23)15-10-8-14(9-11-15)20-18(21)13-25-17-7-5-4-6-16(17)24-2/h3-11,19H,1,12-13H2,2H3,(H,20,21). The van der Waals surface area contributed by atoms with Gasteiger partial charge in [-0.3, -0.25) is 4.79 Å². The van der Waals surface area contributed by atoms with Crippen molar-refractivity contribution in [3.05, 3.63) is 61.2 Å². The quantitative estimate of drug-likeness (QED) is 0.654. The zero-order chi connectivity index (χ0) is 19.0. The van der Waals surface area contributed by atoms with Gasteiger partial charge in [0.05, 0.1) is 12.0 Å². The summed E-state index contributed by atoms with van der Waals surface area (Å²) in [7, 11) is -2.08. The SMILES string of the molecule is C=CCNS(=O)(=O)c1ccc(NC(=O)COc2ccccc2OC)cc1. The molecule has 0 spiro atoms. The molecule has 7 nitrogen and oxygen atoms in total. The number of anilines is 1. The lowest BCUT2D eigenvalue weighted by Crippen LogP contribution is -2.23. The van der Waals surface area contributed by atoms with Crippen LogP contribution in [0.1, 0.15) is 0 Å². The van der Waals surface area contributed by atoms with Gasteiger partial charge in [-0.1, -0.05) is 18.2 Å². The second kappa shape index (κ2) is 9.02. The Kier molecular flexibility index (Phi) is 6.76. The van der Waals surface area contributed by atoms with Crippen LogP contribution in [0.15, 0.2) is 66.1 Å². The summed E-state index contributed by atoms with van der Waals surface area (Å²) >= 11 is 0. The number of ether oxygens (including phenoxy) is 2. The number of para-hydroxylation sites is 2. The molecule has 0 aliphatic heterocycles. The Morgan fingerprint density at radius 3 is 2.38 bits per heavy atom. The van der Waals surface area contributed by atoms with Gasteiger partial charge in [-0.2, -0.15) is 0 Å². The lowest BCUT2D eigenvalue weighted by Gasteiger charge is -2.11. The Labute approximate surface area is 152 Å². The first kappa shape index (κ1) is 19.5. The first-order valence-corrected chi connectivity index (χ1v) is 9.21. The first-order valence-electron chi connectivity index (χ1n) is 7.72. The number of amides is 1. The van der Waals surface area contributed by atoms with Crippen LogP contribution in [0.25, 0.3) is 0 Å². The van der Waals surface area contributed by atoms with Gasteiger partial charge >= 0.3 is 0 Å². The Morgan fingerprint density at radius 1 is 1.12 bits per heavy atom. The summed E-state index contributed by atoms with van der Waals surface area (Å²) < 4.78 is 36.9. The molecule has 8 heteroatoms. The van der Waals surface area contributed by atoms with Crippen LogP contribution in [0, 0.1) is 0 Å². The fourth-order valence-corrected chi connectivity index (χ4v) is 3.05. The smallest absolute Gasteiger partial charge is 0.262 e. The number of nitrogens with one attached hydrogen (secondary N) is 2. The van der Waals surface area contributed by atoms with Crippen LogP contribution in [0.3, 0.4) is 0 Å². The maximum Gasteiger partial charge on any atom is 0.262 e. The van der Waals surface area contributed by atoms with Gasteiger partial charge in [0.25, 0.3) is 5.91 Å². The average Bonchev–Trinajstić information content (AvgIpc) is 2.65. The van der Waals surface area contributed by atoms with E-state index < -0.39 is 10.0 Å². The molecule has 0 bridgehead atoms. The fourth-order valence-electron chi connectivity index (χ4n) is 2.05. The molecular weight excluding hydrogens is 356 g/mol. The highest BCUT2D eigenvalue weighted by molar-refractivity contribution is 7.89. The van der Waals surface area contributed by atoms with E-state index in [1.54, 1.807) is 24.3 Å². The number of hydrogen-bond donors (Lipinski definition) is 2. The summed E-state index contributed by atoms with van der Waals surface area (Å²) in [5, 5.41) is 2.64. The van der Waals surface area contributed by atoms with E-state index in [-0.39, 0.29) is 24.0 Å². The molecule has 2 aromatic carbocycles. The maximum atomic E-state index is 12.0. The van der Waals surface area contributed by atoms with Gasteiger partial charge in [0.15, 0.2) is 18.1 Å². The lowest BCUT2D eigenvalue weighted by molar-refractivity contribution is -0.118. The second-order valence-corrected chi connectivity index (χ2v) is 6.92. The number of benzene rings is 2. The van der Waals surface area contributed by atoms with E-state index in [0.29, 0.717) is 17.2 Å². The molecule has 26 heavy (non-hydrogen) atoms. The highest BCUT2D eigenvalue weighted by Crippen LogP contribution is 2.25. The van der Waals surface area contributed by atoms with Crippen LogP contribution in [-0.4, -0.2) is 34.6 Å². The molecular formula is C18H20N2O5S. The molecule has 2 rings (SSSR count). The number of carbonyl (C=O) groups is 1. The average molecular weight is 376 g/mol. The molecule has 0 aromatic heterocycles. The predicted octanol–water partition coefficient (Wildman–Crippen LogP) is 2.18. The number of carbonyl (C=O) groups excluding carboxylic acids is 1. The third kappa shape index (κ3) is 5.33. The van der Waals surface area contributed by atoms with Crippen LogP contribution in [-0.2, 0) is 14.8 Å². The van der Waals surface area contributed by atoms with Crippen molar-refractivity contribution in [1.29, 1.82) is 0 Å². The molecule has 0 saturated heterocycles. The Bertz CT molecular complexity index is 863. The number of sulfonamides is 1. The van der Waals surface area contributed by atoms with Crippen molar-refractivity contribution >= 4 is 21.6 Å². The zero-order valence-electron chi connectivity index (χ0n) is 14.3. The summed E-state index contributed by atoms with van der Waals surface area (Å²) in [6.45, 7) is 3.39. The normalized spacial score (nSPS) is 10.8. The third-order valence-corrected chi connectivity index (χ3v) is 4.73. The summed E-state index contributed by atoms with van der Waals surface area (Å²) in [6.07, 6.45) is 1.45. The fraction of sp³-hybridized carbons (Fsp3) is 0.167. The van der Waals surface area contributed by atoms with E-state index in [1.807, 2.05) is 0 Å². The van der Waals surface area contributed by atoms with Crippen molar-refractivity contribution < 1.29 is 22.7 Å². The Morgan fingerprint density at radius 2 is 1.77 bits per heavy atom. The minimum absolute atomic E-state index is 0.0996. The van der Waals surface area contributed by atoms with Gasteiger partial charge in [0.1, 0.15) is 0 Å². The molecule has 0 saturated carbocycles. The highest BCUT2D eigenvalue weighted by atomic mass is 32.2. The van der Waals surface area contributed by atoms with Crippen molar-refractivity contribution in [2.45, 2.75) is 4.90 Å². The van der Waals surface area contributed by atoms with Gasteiger partial charge in [0.2, 0.25) is 10.0 Å². The molecule has 0 aliphatic rings. The van der Waals surface area contributed by atoms with Crippen molar-refractivity contribution in [3.8, 4) is 11.5 Å². The highest BCUT2D eigenvalue weighted by Gasteiger charge is 2.13. The van der Waals surface area contributed by atoms with E-state index in [4.69, 9.17) is 9.47 Å². The topological polar surface area (TPSA) is 93.7 Å². The van der Waals surface area contributed by atoms with Crippen LogP contribution >= 0.6 is 0 Å². The monoisotopic (exact) mass is 376 g/mol. The largest absolute Gasteiger partial charge is 0.493 e. The van der Waals surface area contributed by atoms with E-state index in [2.05, 4.69) is 16.6 Å². The van der Waals surface area contributed by atoms with Gasteiger partial charge in [-0.15, -0.1) is 6.58 Å². The van der Waals surface area contributed by atoms with Crippen molar-refractivity contribution in [2.24, 2.45) is 0 Å². The Balaban J connectivity index is 1.94. The molecule has 1 amide bonds. The summed E-state index contributed by atoms with van der Waals surface area (Å²) in [4.78, 5) is 12.1. The molecule has 0 atom stereocenters. The van der Waals surface area contributed by atoms with Crippen LogP contribution in [0.5, 0.6) is 11.5 Å². The minimum atomic E-state index is -3.59. The van der Waals surface area contributed by atoms with Crippen LogP contribution in [0.4, 0.5) is 5.69 Å². The minimum Gasteiger partial charge on any atom is -0.493 e. The molecule has 0 fully saturated rings. The van der Waals surface area contributed by atoms with Gasteiger partial charge in [0, 0.05) is 12.2 Å². The van der Waals surface area contributed by atoms with E-state index in [1.165, 1.54) is 37.5 Å². The third-order valence-electron chi connectivity index (χ3n) is 3.29. The maximum absolute atomic E-state index is 12.0. The molecule has 0 aliphatic carbocycles. The van der Waals surface area contributed by atoms with Gasteiger partial charge in [-0.05, 0) is 36.4 Å². The molecule has 138 valence electrons. The number of rotatable bonds is 9. The molecule has 2 N–H and O–H groups in total. The summed E-state index contributed by atoms with van der Waals surface area (Å²) in [5.41, 5.74) is 0.460. The van der Waals surface area contributed by atoms with Crippen molar-refractivity contribution in [1.82, 2.24) is 4.72 Å². The van der Waals surface area contributed by atoms with E-state index in [0.717, 1.165) is 0 Å². The lowest BCUT2D eigenvalue weighted by atomic mass is 10.3. The number of hydrogen-bond acceptors (Lipinski definition) is 5. The Hall–Kier alpha value is -2.84. The van der Waals surface area contributed by atoms with E-state index >= 15 is 0 Å². The first-order chi connectivity index (χ1) is 12.5. The molecule has 0 unspecified atom stereocenters. The van der Waals surface area contributed by atoms with Crippen molar-refractivity contribution in [2.75, 3.05) is 25.6 Å². The zero-order valence-corrected chi connectivity index (χ0v) is 15.1. The van der Waals surface area contributed by atoms with Crippen LogP contribution in [0.2, 0.25) is 0 Å². The summed E-state index contributed by atoms with van der Waals surface area (Å²) in [6, 6.07) is 12.8. The van der Waals surface area contributed by atoms with Gasteiger partial charge < -0.3 is 14.8 Å². The van der Waals surface area contributed by atoms with E-state index in [9.17, 15) is 13.2 Å². The molecule has 0 radical (unpaired) electrons. The van der Waals surface area contributed by atoms with Crippen LogP contribution < -0.4 is 19.5 Å². The van der Waals surface area contributed by atoms with Gasteiger partial charge in [-0.25, -0.2) is 13.1 Å². The molecule has 0 heterocycles. The second-order valence-electron chi connectivity index (χ2n) is 5.15. The predicted molar refractivity (Wildman–Crippen MR) is 98.9 cm³/mol. The summed E-state index contributed by atoms with van der Waals surface area (Å²) in [5.74, 6) is 0.609. The molecule has 2 aromatic rings. The number of methoxy groups -OCH3 is 1.